The summed E-state index contributed by atoms with van der Waals surface area (Å²) < 4.78 is 0. The Balaban J connectivity index is 2.67. The predicted octanol–water partition coefficient (Wildman–Crippen LogP) is 0.102. The van der Waals surface area contributed by atoms with Crippen LogP contribution in [0.15, 0.2) is 11.1 Å². The molecule has 38 valence electrons. The van der Waals surface area contributed by atoms with E-state index in [0.717, 1.165) is 0 Å². The largest absolute Gasteiger partial charge is 0.393 e. The van der Waals surface area contributed by atoms with Gasteiger partial charge in [0.15, 0.2) is 5.78 Å². The van der Waals surface area contributed by atoms with Gasteiger partial charge in [0.1, 0.15) is 0 Å². The second-order valence-corrected chi connectivity index (χ2v) is 2.35. The monoisotopic (exact) mass is 115 g/mol. The maximum Gasteiger partial charge on any atom is 0.168 e. The van der Waals surface area contributed by atoms with Gasteiger partial charge < -0.3 is 5.73 Å². The molecule has 7 heavy (non-hydrogen) atoms. The molecular formula is C4H5NOS. The lowest BCUT2D eigenvalue weighted by Gasteiger charge is -1.80. The van der Waals surface area contributed by atoms with E-state index < -0.39 is 0 Å². The molecule has 0 saturated carbocycles. The average molecular weight is 115 g/mol. The van der Waals surface area contributed by atoms with E-state index in [9.17, 15) is 4.79 Å². The fourth-order valence-corrected chi connectivity index (χ4v) is 1.00. The molecule has 1 rings (SSSR count). The van der Waals surface area contributed by atoms with Crippen LogP contribution in [0.5, 0.6) is 0 Å². The third kappa shape index (κ3) is 0.962. The first-order valence-electron chi connectivity index (χ1n) is 1.92. The molecule has 0 aromatic carbocycles. The van der Waals surface area contributed by atoms with Crippen LogP contribution >= 0.6 is 11.8 Å². The molecule has 2 N–H and O–H groups in total. The van der Waals surface area contributed by atoms with Crippen LogP contribution in [0.4, 0.5) is 0 Å². The topological polar surface area (TPSA) is 43.1 Å². The third-order valence-corrected chi connectivity index (χ3v) is 1.56. The van der Waals surface area contributed by atoms with Crippen LogP contribution < -0.4 is 5.73 Å². The third-order valence-electron chi connectivity index (χ3n) is 0.684. The molecule has 3 heteroatoms. The first-order valence-corrected chi connectivity index (χ1v) is 2.90. The number of allylic oxidation sites excluding steroid dienone is 1. The Morgan fingerprint density at radius 2 is 2.57 bits per heavy atom. The smallest absolute Gasteiger partial charge is 0.168 e. The van der Waals surface area contributed by atoms with E-state index in [1.54, 1.807) is 0 Å². The van der Waals surface area contributed by atoms with Crippen molar-refractivity contribution in [3.8, 4) is 0 Å². The standard InChI is InChI=1S/C4H5NOS/c5-4-1-3(6)2-7-4/h1H,2,5H2. The van der Waals surface area contributed by atoms with Crippen molar-refractivity contribution in [3.63, 3.8) is 0 Å². The number of hydrogen-bond acceptors (Lipinski definition) is 3. The summed E-state index contributed by atoms with van der Waals surface area (Å²) in [6, 6.07) is 0. The van der Waals surface area contributed by atoms with Crippen molar-refractivity contribution >= 4 is 17.5 Å². The van der Waals surface area contributed by atoms with Gasteiger partial charge in [-0.1, -0.05) is 0 Å². The summed E-state index contributed by atoms with van der Waals surface area (Å²) in [6.45, 7) is 0. The van der Waals surface area contributed by atoms with Gasteiger partial charge in [0.2, 0.25) is 0 Å². The highest BCUT2D eigenvalue weighted by atomic mass is 32.2. The van der Waals surface area contributed by atoms with Gasteiger partial charge in [0.25, 0.3) is 0 Å². The van der Waals surface area contributed by atoms with E-state index >= 15 is 0 Å². The molecule has 1 heterocycles. The average Bonchev–Trinajstić information content (AvgIpc) is 1.87. The second-order valence-electron chi connectivity index (χ2n) is 1.30. The molecule has 1 aliphatic rings. The highest BCUT2D eigenvalue weighted by Crippen LogP contribution is 2.15. The van der Waals surface area contributed by atoms with E-state index in [4.69, 9.17) is 5.73 Å². The maximum atomic E-state index is 10.3. The first kappa shape index (κ1) is 4.71. The molecule has 0 radical (unpaired) electrons. The van der Waals surface area contributed by atoms with Crippen molar-refractivity contribution in [1.29, 1.82) is 0 Å². The Morgan fingerprint density at radius 3 is 2.71 bits per heavy atom. The minimum atomic E-state index is 0.127. The van der Waals surface area contributed by atoms with Crippen molar-refractivity contribution in [2.45, 2.75) is 0 Å². The predicted molar refractivity (Wildman–Crippen MR) is 29.7 cm³/mol. The number of rotatable bonds is 0. The summed E-state index contributed by atoms with van der Waals surface area (Å²) >= 11 is 1.39. The lowest BCUT2D eigenvalue weighted by Crippen LogP contribution is -1.87. The lowest BCUT2D eigenvalue weighted by molar-refractivity contribution is -0.112. The number of carbonyl (C=O) groups excluding carboxylic acids is 1. The van der Waals surface area contributed by atoms with Gasteiger partial charge in [0, 0.05) is 6.08 Å². The van der Waals surface area contributed by atoms with E-state index in [-0.39, 0.29) is 5.78 Å². The van der Waals surface area contributed by atoms with Gasteiger partial charge in [-0.2, -0.15) is 0 Å². The lowest BCUT2D eigenvalue weighted by atomic mass is 10.4. The van der Waals surface area contributed by atoms with Crippen molar-refractivity contribution in [1.82, 2.24) is 0 Å². The number of carbonyl (C=O) groups is 1. The summed E-state index contributed by atoms with van der Waals surface area (Å²) in [4.78, 5) is 10.3. The molecule has 0 spiro atoms. The zero-order valence-corrected chi connectivity index (χ0v) is 4.49. The van der Waals surface area contributed by atoms with Crippen LogP contribution in [0.25, 0.3) is 0 Å². The van der Waals surface area contributed by atoms with Crippen molar-refractivity contribution < 1.29 is 4.79 Å². The number of nitrogens with two attached hydrogens (primary N) is 1. The van der Waals surface area contributed by atoms with Gasteiger partial charge in [-0.05, 0) is 0 Å². The summed E-state index contributed by atoms with van der Waals surface area (Å²) in [7, 11) is 0. The van der Waals surface area contributed by atoms with E-state index in [1.807, 2.05) is 0 Å². The Hall–Kier alpha value is -0.440. The molecule has 0 atom stereocenters. The second kappa shape index (κ2) is 1.58. The van der Waals surface area contributed by atoms with Crippen LogP contribution in [0, 0.1) is 0 Å². The molecule has 2 nitrogen and oxygen atoms in total. The molecular weight excluding hydrogens is 110 g/mol. The van der Waals surface area contributed by atoms with E-state index in [2.05, 4.69) is 0 Å². The molecule has 0 aromatic heterocycles. The molecule has 1 aliphatic heterocycles. The van der Waals surface area contributed by atoms with Crippen molar-refractivity contribution in [3.05, 3.63) is 11.1 Å². The summed E-state index contributed by atoms with van der Waals surface area (Å²) in [5, 5.41) is 0.644. The number of thioether (sulfide) groups is 1. The highest BCUT2D eigenvalue weighted by molar-refractivity contribution is 8.04. The van der Waals surface area contributed by atoms with Crippen LogP contribution in [-0.4, -0.2) is 11.5 Å². The molecule has 0 unspecified atom stereocenters. The maximum absolute atomic E-state index is 10.3. The van der Waals surface area contributed by atoms with Crippen LogP contribution in [-0.2, 0) is 4.79 Å². The fourth-order valence-electron chi connectivity index (χ4n) is 0.396. The normalized spacial score (nSPS) is 20.0. The van der Waals surface area contributed by atoms with Crippen LogP contribution in [0.2, 0.25) is 0 Å². The van der Waals surface area contributed by atoms with Gasteiger partial charge >= 0.3 is 0 Å². The number of ketones is 1. The highest BCUT2D eigenvalue weighted by Gasteiger charge is 2.07. The molecule has 0 amide bonds. The molecule has 0 saturated heterocycles. The Labute approximate surface area is 45.8 Å². The van der Waals surface area contributed by atoms with E-state index in [1.165, 1.54) is 17.8 Å². The Kier molecular flexibility index (Phi) is 1.06. The molecule has 0 aliphatic carbocycles. The quantitative estimate of drug-likeness (QED) is 0.487. The molecule has 0 fully saturated rings. The first-order chi connectivity index (χ1) is 3.29. The van der Waals surface area contributed by atoms with Gasteiger partial charge in [0.05, 0.1) is 10.8 Å². The summed E-state index contributed by atoms with van der Waals surface area (Å²) in [5.41, 5.74) is 5.23. The van der Waals surface area contributed by atoms with Gasteiger partial charge in [-0.25, -0.2) is 0 Å². The van der Waals surface area contributed by atoms with Crippen molar-refractivity contribution in [2.75, 3.05) is 5.75 Å². The molecule has 0 bridgehead atoms. The zero-order chi connectivity index (χ0) is 5.28. The molecule has 0 aromatic rings. The Bertz CT molecular complexity index is 130. The number of hydrogen-bond donors (Lipinski definition) is 1. The minimum absolute atomic E-state index is 0.127. The van der Waals surface area contributed by atoms with Crippen molar-refractivity contribution in [2.24, 2.45) is 5.73 Å². The van der Waals surface area contributed by atoms with Gasteiger partial charge in [-0.3, -0.25) is 4.79 Å². The van der Waals surface area contributed by atoms with Crippen LogP contribution in [0.1, 0.15) is 0 Å². The van der Waals surface area contributed by atoms with E-state index in [0.29, 0.717) is 10.8 Å². The summed E-state index contributed by atoms with van der Waals surface area (Å²) in [5.74, 6) is 0.661. The van der Waals surface area contributed by atoms with Crippen LogP contribution in [0.3, 0.4) is 0 Å². The van der Waals surface area contributed by atoms with Gasteiger partial charge in [-0.15, -0.1) is 11.8 Å². The zero-order valence-electron chi connectivity index (χ0n) is 3.68. The fraction of sp³-hybridized carbons (Fsp3) is 0.250. The Morgan fingerprint density at radius 1 is 1.86 bits per heavy atom. The minimum Gasteiger partial charge on any atom is -0.393 e. The summed E-state index contributed by atoms with van der Waals surface area (Å²) in [6.07, 6.45) is 1.46. The SMILES string of the molecule is NC1=CC(=O)CS1.